The largest absolute Gasteiger partial charge is 0.480 e. The summed E-state index contributed by atoms with van der Waals surface area (Å²) in [5.41, 5.74) is 12.3. The zero-order valence-electron chi connectivity index (χ0n) is 14.4. The van der Waals surface area contributed by atoms with Crippen molar-refractivity contribution in [2.45, 2.75) is 25.8 Å². The average molecular weight is 358 g/mol. The molecule has 0 unspecified atom stereocenters. The van der Waals surface area contributed by atoms with E-state index in [1.165, 1.54) is 6.07 Å². The van der Waals surface area contributed by atoms with E-state index in [0.717, 1.165) is 11.1 Å². The number of carbonyl (C=O) groups is 2. The van der Waals surface area contributed by atoms with Crippen LogP contribution in [-0.2, 0) is 4.79 Å². The smallest absolute Gasteiger partial charge is 0.326 e. The van der Waals surface area contributed by atoms with Gasteiger partial charge in [-0.2, -0.15) is 0 Å². The summed E-state index contributed by atoms with van der Waals surface area (Å²) < 4.78 is 5.56. The molecule has 0 saturated heterocycles. The lowest BCUT2D eigenvalue weighted by Gasteiger charge is -2.12. The van der Waals surface area contributed by atoms with Crippen LogP contribution in [0.3, 0.4) is 0 Å². The number of guanidine groups is 1. The Morgan fingerprint density at radius 1 is 1.27 bits per heavy atom. The highest BCUT2D eigenvalue weighted by molar-refractivity contribution is 5.94. The Morgan fingerprint density at radius 2 is 2.04 bits per heavy atom. The number of nitrogens with one attached hydrogen (secondary N) is 1. The molecule has 0 bridgehead atoms. The van der Waals surface area contributed by atoms with E-state index in [-0.39, 0.29) is 18.1 Å². The molecule has 0 radical (unpaired) electrons. The normalized spacial score (nSPS) is 11.6. The molecule has 1 aromatic heterocycles. The van der Waals surface area contributed by atoms with Gasteiger partial charge >= 0.3 is 5.97 Å². The van der Waals surface area contributed by atoms with Gasteiger partial charge in [0.25, 0.3) is 5.91 Å². The molecule has 0 spiro atoms. The number of amides is 1. The summed E-state index contributed by atoms with van der Waals surface area (Å²) in [6.45, 7) is 2.25. The number of nitrogens with zero attached hydrogens (tertiary/aromatic N) is 1. The molecule has 26 heavy (non-hydrogen) atoms. The number of carboxylic acid groups (broad SMARTS) is 1. The molecule has 1 aromatic carbocycles. The van der Waals surface area contributed by atoms with Crippen LogP contribution < -0.4 is 16.8 Å². The summed E-state index contributed by atoms with van der Waals surface area (Å²) in [6.07, 6.45) is 0.616. The maximum Gasteiger partial charge on any atom is 0.326 e. The van der Waals surface area contributed by atoms with Crippen molar-refractivity contribution in [3.8, 4) is 11.3 Å². The van der Waals surface area contributed by atoms with Gasteiger partial charge in [0.2, 0.25) is 0 Å². The van der Waals surface area contributed by atoms with Gasteiger partial charge in [-0.05, 0) is 38.0 Å². The highest BCUT2D eigenvalue weighted by Crippen LogP contribution is 2.23. The zero-order chi connectivity index (χ0) is 19.1. The summed E-state index contributed by atoms with van der Waals surface area (Å²) in [4.78, 5) is 27.4. The Kier molecular flexibility index (Phi) is 6.37. The van der Waals surface area contributed by atoms with Gasteiger partial charge in [-0.1, -0.05) is 23.8 Å². The fraction of sp³-hybridized carbons (Fsp3) is 0.278. The van der Waals surface area contributed by atoms with E-state index in [2.05, 4.69) is 10.3 Å². The number of aliphatic carboxylic acids is 1. The number of aliphatic imine (C=N–C) groups is 1. The summed E-state index contributed by atoms with van der Waals surface area (Å²) in [7, 11) is 0. The second-order valence-corrected chi connectivity index (χ2v) is 5.85. The van der Waals surface area contributed by atoms with E-state index < -0.39 is 17.9 Å². The molecular weight excluding hydrogens is 336 g/mol. The van der Waals surface area contributed by atoms with Crippen molar-refractivity contribution in [2.24, 2.45) is 16.5 Å². The summed E-state index contributed by atoms with van der Waals surface area (Å²) in [5, 5.41) is 11.7. The van der Waals surface area contributed by atoms with E-state index in [4.69, 9.17) is 15.9 Å². The monoisotopic (exact) mass is 358 g/mol. The van der Waals surface area contributed by atoms with E-state index in [1.54, 1.807) is 6.07 Å². The van der Waals surface area contributed by atoms with Crippen LogP contribution in [0, 0.1) is 6.92 Å². The lowest BCUT2D eigenvalue weighted by atomic mass is 10.1. The third-order valence-corrected chi connectivity index (χ3v) is 3.68. The first-order valence-corrected chi connectivity index (χ1v) is 8.12. The molecule has 0 saturated carbocycles. The Morgan fingerprint density at radius 3 is 2.69 bits per heavy atom. The molecule has 8 nitrogen and oxygen atoms in total. The minimum absolute atomic E-state index is 0.0528. The van der Waals surface area contributed by atoms with Gasteiger partial charge in [-0.3, -0.25) is 9.79 Å². The van der Waals surface area contributed by atoms with Crippen LogP contribution >= 0.6 is 0 Å². The number of aryl methyl sites for hydroxylation is 1. The maximum absolute atomic E-state index is 12.3. The maximum atomic E-state index is 12.3. The van der Waals surface area contributed by atoms with Crippen LogP contribution in [0.2, 0.25) is 0 Å². The molecular formula is C18H22N4O4. The number of benzene rings is 1. The van der Waals surface area contributed by atoms with Crippen LogP contribution in [0.4, 0.5) is 0 Å². The van der Waals surface area contributed by atoms with Gasteiger partial charge in [-0.15, -0.1) is 0 Å². The number of carboxylic acids is 1. The number of nitrogens with two attached hydrogens (primary N) is 2. The van der Waals surface area contributed by atoms with Gasteiger partial charge in [0.15, 0.2) is 11.7 Å². The Labute approximate surface area is 150 Å². The van der Waals surface area contributed by atoms with E-state index >= 15 is 0 Å². The summed E-state index contributed by atoms with van der Waals surface area (Å²) in [5.74, 6) is -1.18. The van der Waals surface area contributed by atoms with Gasteiger partial charge in [0, 0.05) is 12.1 Å². The van der Waals surface area contributed by atoms with Crippen molar-refractivity contribution in [3.05, 3.63) is 47.7 Å². The SMILES string of the molecule is Cc1cccc(-c2ccc(C(=O)N[C@H](CCCN=C(N)N)C(=O)O)o2)c1. The summed E-state index contributed by atoms with van der Waals surface area (Å²) >= 11 is 0. The molecule has 0 fully saturated rings. The van der Waals surface area contributed by atoms with Crippen molar-refractivity contribution >= 4 is 17.8 Å². The fourth-order valence-electron chi connectivity index (χ4n) is 2.40. The minimum Gasteiger partial charge on any atom is -0.480 e. The standard InChI is InChI=1S/C18H22N4O4/c1-11-4-2-5-12(10-11)14-7-8-15(26-14)16(23)22-13(17(24)25)6-3-9-21-18(19)20/h2,4-5,7-8,10,13H,3,6,9H2,1H3,(H,22,23)(H,24,25)(H4,19,20,21)/t13-/m1/s1. The van der Waals surface area contributed by atoms with Crippen molar-refractivity contribution in [1.82, 2.24) is 5.32 Å². The quantitative estimate of drug-likeness (QED) is 0.320. The number of hydrogen-bond donors (Lipinski definition) is 4. The molecule has 2 rings (SSSR count). The Balaban J connectivity index is 2.01. The molecule has 1 heterocycles. The number of carbonyl (C=O) groups excluding carboxylic acids is 1. The van der Waals surface area contributed by atoms with Crippen LogP contribution in [-0.4, -0.2) is 35.5 Å². The predicted octanol–water partition coefficient (Wildman–Crippen LogP) is 1.49. The first-order chi connectivity index (χ1) is 12.4. The second-order valence-electron chi connectivity index (χ2n) is 5.85. The summed E-state index contributed by atoms with van der Waals surface area (Å²) in [6, 6.07) is 9.80. The minimum atomic E-state index is -1.13. The average Bonchev–Trinajstić information content (AvgIpc) is 3.07. The molecule has 1 atom stereocenters. The highest BCUT2D eigenvalue weighted by Gasteiger charge is 2.22. The molecule has 8 heteroatoms. The van der Waals surface area contributed by atoms with E-state index in [1.807, 2.05) is 31.2 Å². The van der Waals surface area contributed by atoms with Gasteiger partial charge in [-0.25, -0.2) is 4.79 Å². The van der Waals surface area contributed by atoms with Crippen molar-refractivity contribution < 1.29 is 19.1 Å². The molecule has 2 aromatic rings. The first kappa shape index (κ1) is 19.0. The zero-order valence-corrected chi connectivity index (χ0v) is 14.4. The van der Waals surface area contributed by atoms with Gasteiger partial charge in [0.1, 0.15) is 11.8 Å². The van der Waals surface area contributed by atoms with Crippen LogP contribution in [0.1, 0.15) is 29.0 Å². The second kappa shape index (κ2) is 8.70. The Hall–Kier alpha value is -3.29. The number of furan rings is 1. The lowest BCUT2D eigenvalue weighted by molar-refractivity contribution is -0.139. The topological polar surface area (TPSA) is 144 Å². The lowest BCUT2D eigenvalue weighted by Crippen LogP contribution is -2.40. The molecule has 138 valence electrons. The molecule has 6 N–H and O–H groups in total. The molecule has 1 amide bonds. The van der Waals surface area contributed by atoms with Gasteiger partial charge < -0.3 is 26.3 Å². The van der Waals surface area contributed by atoms with Crippen LogP contribution in [0.5, 0.6) is 0 Å². The fourth-order valence-corrected chi connectivity index (χ4v) is 2.40. The highest BCUT2D eigenvalue weighted by atomic mass is 16.4. The number of hydrogen-bond acceptors (Lipinski definition) is 4. The third-order valence-electron chi connectivity index (χ3n) is 3.68. The molecule has 0 aliphatic rings. The van der Waals surface area contributed by atoms with E-state index in [9.17, 15) is 14.7 Å². The van der Waals surface area contributed by atoms with Crippen LogP contribution in [0.15, 0.2) is 45.8 Å². The van der Waals surface area contributed by atoms with Crippen molar-refractivity contribution in [1.29, 1.82) is 0 Å². The third kappa shape index (κ3) is 5.37. The molecule has 0 aliphatic heterocycles. The van der Waals surface area contributed by atoms with Crippen molar-refractivity contribution in [3.63, 3.8) is 0 Å². The van der Waals surface area contributed by atoms with Crippen molar-refractivity contribution in [2.75, 3.05) is 6.54 Å². The predicted molar refractivity (Wildman–Crippen MR) is 97.7 cm³/mol. The number of rotatable bonds is 8. The molecule has 0 aliphatic carbocycles. The van der Waals surface area contributed by atoms with Crippen LogP contribution in [0.25, 0.3) is 11.3 Å². The Bertz CT molecular complexity index is 809. The van der Waals surface area contributed by atoms with Gasteiger partial charge in [0.05, 0.1) is 0 Å². The van der Waals surface area contributed by atoms with E-state index in [0.29, 0.717) is 18.7 Å². The first-order valence-electron chi connectivity index (χ1n) is 8.12.